The first-order valence-corrected chi connectivity index (χ1v) is 11.9. The molecule has 1 amide bonds. The van der Waals surface area contributed by atoms with Crippen LogP contribution in [0, 0.1) is 13.8 Å². The Morgan fingerprint density at radius 2 is 1.78 bits per heavy atom. The van der Waals surface area contributed by atoms with Gasteiger partial charge in [0.1, 0.15) is 35.7 Å². The Morgan fingerprint density at radius 1 is 1.00 bits per heavy atom. The van der Waals surface area contributed by atoms with E-state index < -0.39 is 17.7 Å². The number of ether oxygens (including phenoxy) is 1. The van der Waals surface area contributed by atoms with Crippen LogP contribution in [0.3, 0.4) is 0 Å². The molecule has 0 bridgehead atoms. The van der Waals surface area contributed by atoms with E-state index in [2.05, 4.69) is 4.98 Å². The van der Waals surface area contributed by atoms with Gasteiger partial charge >= 0.3 is 0 Å². The number of benzene rings is 2. The van der Waals surface area contributed by atoms with Gasteiger partial charge in [0.15, 0.2) is 0 Å². The van der Waals surface area contributed by atoms with Gasteiger partial charge in [-0.2, -0.15) is 0 Å². The number of carbonyl (C=O) groups excluding carboxylic acids is 2. The Kier molecular flexibility index (Phi) is 6.60. The molecule has 1 N–H and O–H groups in total. The van der Waals surface area contributed by atoms with Gasteiger partial charge < -0.3 is 19.2 Å². The number of furan rings is 1. The minimum absolute atomic E-state index is 0.0168. The average Bonchev–Trinajstić information content (AvgIpc) is 3.45. The van der Waals surface area contributed by atoms with Gasteiger partial charge in [0, 0.05) is 24.5 Å². The average molecular weight is 495 g/mol. The molecule has 7 nitrogen and oxygen atoms in total. The summed E-state index contributed by atoms with van der Waals surface area (Å²) in [7, 11) is 0. The highest BCUT2D eigenvalue weighted by molar-refractivity contribution is 6.46. The summed E-state index contributed by atoms with van der Waals surface area (Å²) in [6.07, 6.45) is 3.28. The van der Waals surface area contributed by atoms with Gasteiger partial charge in [-0.3, -0.25) is 14.6 Å². The highest BCUT2D eigenvalue weighted by Crippen LogP contribution is 2.41. The lowest BCUT2D eigenvalue weighted by Gasteiger charge is -2.23. The Hall–Kier alpha value is -4.65. The molecular weight excluding hydrogens is 468 g/mol. The number of ketones is 1. The molecular formula is C30H26N2O5. The fraction of sp³-hybridized carbons (Fsp3) is 0.167. The zero-order valence-electron chi connectivity index (χ0n) is 20.5. The predicted molar refractivity (Wildman–Crippen MR) is 137 cm³/mol. The number of carbonyl (C=O) groups is 2. The van der Waals surface area contributed by atoms with Crippen molar-refractivity contribution in [2.24, 2.45) is 0 Å². The SMILES string of the molecule is Cc1ccc([C@@H]2C(=C(O)c3ccc(OCc4ccccc4C)cc3)C(=O)C(=O)N2Cc2cccnc2)o1. The Bertz CT molecular complexity index is 1470. The minimum Gasteiger partial charge on any atom is -0.507 e. The largest absolute Gasteiger partial charge is 0.507 e. The first-order chi connectivity index (χ1) is 17.9. The number of nitrogens with zero attached hydrogens (tertiary/aromatic N) is 2. The summed E-state index contributed by atoms with van der Waals surface area (Å²) in [6.45, 7) is 4.37. The van der Waals surface area contributed by atoms with E-state index in [1.807, 2.05) is 37.3 Å². The molecule has 5 rings (SSSR count). The molecule has 1 aliphatic heterocycles. The smallest absolute Gasteiger partial charge is 0.296 e. The summed E-state index contributed by atoms with van der Waals surface area (Å²) in [5.74, 6) is -0.0769. The zero-order valence-corrected chi connectivity index (χ0v) is 20.5. The first-order valence-electron chi connectivity index (χ1n) is 11.9. The van der Waals surface area contributed by atoms with Crippen LogP contribution < -0.4 is 4.74 Å². The van der Waals surface area contributed by atoms with Crippen LogP contribution in [0.1, 0.15) is 39.8 Å². The van der Waals surface area contributed by atoms with E-state index in [1.54, 1.807) is 61.8 Å². The molecule has 4 aromatic rings. The number of hydrogen-bond acceptors (Lipinski definition) is 6. The number of Topliss-reactive ketones (excluding diaryl/α,β-unsaturated/α-hetero) is 1. The van der Waals surface area contributed by atoms with Gasteiger partial charge in [-0.05, 0) is 73.0 Å². The number of aromatic nitrogens is 1. The van der Waals surface area contributed by atoms with Crippen molar-refractivity contribution in [1.82, 2.24) is 9.88 Å². The summed E-state index contributed by atoms with van der Waals surface area (Å²) in [5, 5.41) is 11.3. The monoisotopic (exact) mass is 494 g/mol. The number of amides is 1. The van der Waals surface area contributed by atoms with Gasteiger partial charge in [-0.1, -0.05) is 30.3 Å². The second kappa shape index (κ2) is 10.1. The molecule has 1 saturated heterocycles. The Balaban J connectivity index is 1.46. The fourth-order valence-corrected chi connectivity index (χ4v) is 4.43. The van der Waals surface area contributed by atoms with Crippen molar-refractivity contribution < 1.29 is 23.8 Å². The maximum absolute atomic E-state index is 13.2. The summed E-state index contributed by atoms with van der Waals surface area (Å²) in [6, 6.07) is 21.0. The molecule has 2 aromatic heterocycles. The summed E-state index contributed by atoms with van der Waals surface area (Å²) in [5.41, 5.74) is 3.36. The third kappa shape index (κ3) is 4.89. The van der Waals surface area contributed by atoms with Crippen LogP contribution in [0.5, 0.6) is 5.75 Å². The summed E-state index contributed by atoms with van der Waals surface area (Å²) < 4.78 is 11.7. The molecule has 37 heavy (non-hydrogen) atoms. The second-order valence-corrected chi connectivity index (χ2v) is 8.98. The molecule has 7 heteroatoms. The van der Waals surface area contributed by atoms with E-state index in [9.17, 15) is 14.7 Å². The number of rotatable bonds is 7. The maximum Gasteiger partial charge on any atom is 0.296 e. The predicted octanol–water partition coefficient (Wildman–Crippen LogP) is 5.49. The molecule has 1 fully saturated rings. The number of aliphatic hydroxyl groups is 1. The molecule has 0 aliphatic carbocycles. The topological polar surface area (TPSA) is 92.9 Å². The van der Waals surface area contributed by atoms with Gasteiger partial charge in [0.25, 0.3) is 11.7 Å². The minimum atomic E-state index is -0.870. The zero-order chi connectivity index (χ0) is 25.9. The number of aryl methyl sites for hydroxylation is 2. The lowest BCUT2D eigenvalue weighted by atomic mass is 9.99. The van der Waals surface area contributed by atoms with Crippen LogP contribution in [-0.4, -0.2) is 26.7 Å². The van der Waals surface area contributed by atoms with E-state index in [1.165, 1.54) is 4.90 Å². The van der Waals surface area contributed by atoms with Crippen LogP contribution in [0.2, 0.25) is 0 Å². The van der Waals surface area contributed by atoms with Crippen molar-refractivity contribution >= 4 is 17.4 Å². The molecule has 2 aromatic carbocycles. The van der Waals surface area contributed by atoms with Crippen LogP contribution in [0.25, 0.3) is 5.76 Å². The van der Waals surface area contributed by atoms with Crippen molar-refractivity contribution in [3.8, 4) is 5.75 Å². The quantitative estimate of drug-likeness (QED) is 0.207. The van der Waals surface area contributed by atoms with Crippen molar-refractivity contribution in [3.05, 3.63) is 125 Å². The first kappa shape index (κ1) is 24.1. The molecule has 0 radical (unpaired) electrons. The van der Waals surface area contributed by atoms with Gasteiger partial charge in [-0.15, -0.1) is 0 Å². The molecule has 1 aliphatic rings. The van der Waals surface area contributed by atoms with Gasteiger partial charge in [0.2, 0.25) is 0 Å². The van der Waals surface area contributed by atoms with E-state index >= 15 is 0 Å². The molecule has 186 valence electrons. The van der Waals surface area contributed by atoms with Crippen LogP contribution in [-0.2, 0) is 22.7 Å². The van der Waals surface area contributed by atoms with E-state index in [0.29, 0.717) is 29.4 Å². The third-order valence-electron chi connectivity index (χ3n) is 6.43. The fourth-order valence-electron chi connectivity index (χ4n) is 4.43. The van der Waals surface area contributed by atoms with E-state index in [-0.39, 0.29) is 17.9 Å². The molecule has 0 spiro atoms. The van der Waals surface area contributed by atoms with Crippen molar-refractivity contribution in [1.29, 1.82) is 0 Å². The van der Waals surface area contributed by atoms with E-state index in [4.69, 9.17) is 9.15 Å². The highest BCUT2D eigenvalue weighted by atomic mass is 16.5. The molecule has 1 atom stereocenters. The number of pyridine rings is 1. The number of likely N-dealkylation sites (tertiary alicyclic amines) is 1. The summed E-state index contributed by atoms with van der Waals surface area (Å²) >= 11 is 0. The van der Waals surface area contributed by atoms with Crippen molar-refractivity contribution in [2.45, 2.75) is 33.0 Å². The standard InChI is InChI=1S/C30H26N2O5/c1-19-6-3-4-8-23(19)18-36-24-12-10-22(11-13-24)28(33)26-27(25-14-9-20(2)37-25)32(30(35)29(26)34)17-21-7-5-15-31-16-21/h3-16,27,33H,17-18H2,1-2H3/t27-/m1/s1. The lowest BCUT2D eigenvalue weighted by Crippen LogP contribution is -2.29. The van der Waals surface area contributed by atoms with Crippen LogP contribution >= 0.6 is 0 Å². The Morgan fingerprint density at radius 3 is 2.46 bits per heavy atom. The summed E-state index contributed by atoms with van der Waals surface area (Å²) in [4.78, 5) is 31.8. The Labute approximate surface area is 214 Å². The molecule has 0 saturated carbocycles. The highest BCUT2D eigenvalue weighted by Gasteiger charge is 2.47. The molecule has 3 heterocycles. The van der Waals surface area contributed by atoms with Gasteiger partial charge in [0.05, 0.1) is 5.57 Å². The molecule has 0 unspecified atom stereocenters. The van der Waals surface area contributed by atoms with Crippen molar-refractivity contribution in [3.63, 3.8) is 0 Å². The number of aliphatic hydroxyl groups excluding tert-OH is 1. The van der Waals surface area contributed by atoms with E-state index in [0.717, 1.165) is 16.7 Å². The number of hydrogen-bond donors (Lipinski definition) is 1. The van der Waals surface area contributed by atoms with Crippen LogP contribution in [0.15, 0.2) is 95.2 Å². The maximum atomic E-state index is 13.2. The normalized spacial score (nSPS) is 16.8. The second-order valence-electron chi connectivity index (χ2n) is 8.98. The van der Waals surface area contributed by atoms with Crippen LogP contribution in [0.4, 0.5) is 0 Å². The lowest BCUT2D eigenvalue weighted by molar-refractivity contribution is -0.140. The van der Waals surface area contributed by atoms with Crippen molar-refractivity contribution in [2.75, 3.05) is 0 Å². The van der Waals surface area contributed by atoms with Gasteiger partial charge in [-0.25, -0.2) is 0 Å². The third-order valence-corrected chi connectivity index (χ3v) is 6.43.